The molecule has 0 bridgehead atoms. The predicted octanol–water partition coefficient (Wildman–Crippen LogP) is 0.405. The van der Waals surface area contributed by atoms with Crippen LogP contribution in [0.5, 0.6) is 5.75 Å². The van der Waals surface area contributed by atoms with Gasteiger partial charge in [-0.2, -0.15) is 0 Å². The molecule has 1 N–H and O–H groups in total. The lowest BCUT2D eigenvalue weighted by atomic mass is 10.0. The Balaban J connectivity index is 2.04. The Kier molecular flexibility index (Phi) is 3.20. The van der Waals surface area contributed by atoms with Crippen LogP contribution in [0.15, 0.2) is 12.1 Å². The van der Waals surface area contributed by atoms with Gasteiger partial charge in [0, 0.05) is 6.42 Å². The number of fused-ring (bicyclic) bond motifs is 1. The van der Waals surface area contributed by atoms with Crippen molar-refractivity contribution in [2.75, 3.05) is 7.11 Å². The Morgan fingerprint density at radius 3 is 2.55 bits per heavy atom. The van der Waals surface area contributed by atoms with Gasteiger partial charge in [-0.05, 0) is 31.0 Å². The van der Waals surface area contributed by atoms with Gasteiger partial charge in [-0.3, -0.25) is 29.4 Å². The summed E-state index contributed by atoms with van der Waals surface area (Å²) >= 11 is 0. The predicted molar refractivity (Wildman–Crippen MR) is 74.4 cm³/mol. The van der Waals surface area contributed by atoms with Crippen molar-refractivity contribution < 1.29 is 23.9 Å². The minimum Gasteiger partial charge on any atom is -0.496 e. The van der Waals surface area contributed by atoms with E-state index in [0.29, 0.717) is 5.75 Å². The Hall–Kier alpha value is -2.70. The number of nitrogens with zero attached hydrogens (tertiary/aromatic N) is 1. The van der Waals surface area contributed by atoms with Crippen molar-refractivity contribution in [1.29, 1.82) is 0 Å². The van der Waals surface area contributed by atoms with Crippen molar-refractivity contribution in [2.45, 2.75) is 25.8 Å². The van der Waals surface area contributed by atoms with E-state index in [1.165, 1.54) is 7.11 Å². The molecule has 2 aliphatic rings. The monoisotopic (exact) mass is 302 g/mol. The molecule has 1 aromatic rings. The van der Waals surface area contributed by atoms with E-state index in [1.807, 2.05) is 0 Å². The van der Waals surface area contributed by atoms with Gasteiger partial charge in [0.1, 0.15) is 11.8 Å². The summed E-state index contributed by atoms with van der Waals surface area (Å²) in [4.78, 5) is 49.2. The van der Waals surface area contributed by atoms with Crippen LogP contribution in [0, 0.1) is 6.92 Å². The van der Waals surface area contributed by atoms with Gasteiger partial charge in [-0.1, -0.05) is 0 Å². The molecule has 0 aliphatic carbocycles. The molecule has 1 aromatic carbocycles. The maximum Gasteiger partial charge on any atom is 0.266 e. The average molecular weight is 302 g/mol. The summed E-state index contributed by atoms with van der Waals surface area (Å²) in [5, 5.41) is 2.16. The first-order chi connectivity index (χ1) is 10.4. The van der Waals surface area contributed by atoms with Crippen LogP contribution in [0.1, 0.15) is 39.1 Å². The van der Waals surface area contributed by atoms with Crippen LogP contribution >= 0.6 is 0 Å². The number of piperidine rings is 1. The second-order valence-electron chi connectivity index (χ2n) is 5.34. The van der Waals surface area contributed by atoms with Crippen LogP contribution in [-0.4, -0.2) is 41.7 Å². The number of rotatable bonds is 2. The van der Waals surface area contributed by atoms with Crippen molar-refractivity contribution in [3.63, 3.8) is 0 Å². The number of benzene rings is 1. The van der Waals surface area contributed by atoms with Crippen molar-refractivity contribution >= 4 is 23.6 Å². The molecule has 4 amide bonds. The molecule has 2 aliphatic heterocycles. The molecular weight excluding hydrogens is 288 g/mol. The Morgan fingerprint density at radius 1 is 1.18 bits per heavy atom. The SMILES string of the molecule is COc1cc(C)cc2c1C(=O)N(C1CCC(=O)NC1=O)C2=O. The van der Waals surface area contributed by atoms with Gasteiger partial charge in [0.05, 0.1) is 18.2 Å². The van der Waals surface area contributed by atoms with E-state index >= 15 is 0 Å². The van der Waals surface area contributed by atoms with Crippen LogP contribution in [0.25, 0.3) is 0 Å². The molecule has 3 rings (SSSR count). The van der Waals surface area contributed by atoms with Crippen LogP contribution in [0.2, 0.25) is 0 Å². The zero-order valence-electron chi connectivity index (χ0n) is 12.1. The molecule has 1 unspecified atom stereocenters. The van der Waals surface area contributed by atoms with Gasteiger partial charge >= 0.3 is 0 Å². The van der Waals surface area contributed by atoms with Gasteiger partial charge in [-0.25, -0.2) is 0 Å². The van der Waals surface area contributed by atoms with E-state index < -0.39 is 29.7 Å². The fraction of sp³-hybridized carbons (Fsp3) is 0.333. The Labute approximate surface area is 126 Å². The van der Waals surface area contributed by atoms with Crippen LogP contribution in [0.4, 0.5) is 0 Å². The van der Waals surface area contributed by atoms with Crippen molar-refractivity contribution in [3.8, 4) is 5.75 Å². The van der Waals surface area contributed by atoms with Crippen molar-refractivity contribution in [3.05, 3.63) is 28.8 Å². The number of carbonyl (C=O) groups excluding carboxylic acids is 4. The van der Waals surface area contributed by atoms with E-state index in [2.05, 4.69) is 5.32 Å². The smallest absolute Gasteiger partial charge is 0.266 e. The summed E-state index contributed by atoms with van der Waals surface area (Å²) in [6.45, 7) is 1.79. The first-order valence-electron chi connectivity index (χ1n) is 6.84. The number of carbonyl (C=O) groups is 4. The first-order valence-corrected chi connectivity index (χ1v) is 6.84. The number of methoxy groups -OCH3 is 1. The van der Waals surface area contributed by atoms with Gasteiger partial charge in [-0.15, -0.1) is 0 Å². The van der Waals surface area contributed by atoms with Gasteiger partial charge in [0.2, 0.25) is 11.8 Å². The summed E-state index contributed by atoms with van der Waals surface area (Å²) < 4.78 is 5.18. The number of hydrogen-bond donors (Lipinski definition) is 1. The Morgan fingerprint density at radius 2 is 1.91 bits per heavy atom. The summed E-state index contributed by atoms with van der Waals surface area (Å²) in [5.74, 6) is -1.81. The van der Waals surface area contributed by atoms with E-state index in [-0.39, 0.29) is 24.0 Å². The maximum atomic E-state index is 12.6. The zero-order valence-corrected chi connectivity index (χ0v) is 12.1. The average Bonchev–Trinajstić information content (AvgIpc) is 2.71. The van der Waals surface area contributed by atoms with E-state index in [9.17, 15) is 19.2 Å². The van der Waals surface area contributed by atoms with E-state index in [0.717, 1.165) is 10.5 Å². The third kappa shape index (κ3) is 1.97. The normalized spacial score (nSPS) is 21.0. The number of amides is 4. The number of aryl methyl sites for hydroxylation is 1. The highest BCUT2D eigenvalue weighted by Crippen LogP contribution is 2.34. The molecule has 2 heterocycles. The molecule has 7 heteroatoms. The molecule has 7 nitrogen and oxygen atoms in total. The second kappa shape index (κ2) is 4.94. The highest BCUT2D eigenvalue weighted by atomic mass is 16.5. The topological polar surface area (TPSA) is 92.8 Å². The number of nitrogens with one attached hydrogen (secondary N) is 1. The van der Waals surface area contributed by atoms with Gasteiger partial charge in [0.25, 0.3) is 11.8 Å². The summed E-state index contributed by atoms with van der Waals surface area (Å²) in [7, 11) is 1.42. The maximum absolute atomic E-state index is 12.6. The minimum absolute atomic E-state index is 0.0972. The molecule has 0 radical (unpaired) electrons. The minimum atomic E-state index is -0.963. The summed E-state index contributed by atoms with van der Waals surface area (Å²) in [5.41, 5.74) is 1.18. The largest absolute Gasteiger partial charge is 0.496 e. The summed E-state index contributed by atoms with van der Waals surface area (Å²) in [6, 6.07) is 2.30. The highest BCUT2D eigenvalue weighted by Gasteiger charge is 2.46. The zero-order chi connectivity index (χ0) is 16.0. The lowest BCUT2D eigenvalue weighted by Gasteiger charge is -2.27. The highest BCUT2D eigenvalue weighted by molar-refractivity contribution is 6.24. The molecular formula is C15H14N2O5. The third-order valence-corrected chi connectivity index (χ3v) is 3.87. The number of imide groups is 2. The van der Waals surface area contributed by atoms with Crippen molar-refractivity contribution in [1.82, 2.24) is 10.2 Å². The van der Waals surface area contributed by atoms with E-state index in [1.54, 1.807) is 19.1 Å². The lowest BCUT2D eigenvalue weighted by Crippen LogP contribution is -2.54. The Bertz CT molecular complexity index is 725. The molecule has 0 aromatic heterocycles. The van der Waals surface area contributed by atoms with Crippen molar-refractivity contribution in [2.24, 2.45) is 0 Å². The molecule has 1 atom stereocenters. The molecule has 1 saturated heterocycles. The van der Waals surface area contributed by atoms with Crippen LogP contribution in [-0.2, 0) is 9.59 Å². The summed E-state index contributed by atoms with van der Waals surface area (Å²) in [6.07, 6.45) is 0.234. The van der Waals surface area contributed by atoms with Crippen LogP contribution < -0.4 is 10.1 Å². The molecule has 0 spiro atoms. The molecule has 22 heavy (non-hydrogen) atoms. The molecule has 0 saturated carbocycles. The first kappa shape index (κ1) is 14.2. The van der Waals surface area contributed by atoms with Crippen LogP contribution in [0.3, 0.4) is 0 Å². The fourth-order valence-electron chi connectivity index (χ4n) is 2.86. The molecule has 114 valence electrons. The third-order valence-electron chi connectivity index (χ3n) is 3.87. The standard InChI is InChI=1S/C15H14N2O5/c1-7-5-8-12(10(6-7)22-2)15(21)17(14(8)20)9-3-4-11(18)16-13(9)19/h5-6,9H,3-4H2,1-2H3,(H,16,18,19). The van der Waals surface area contributed by atoms with Gasteiger partial charge < -0.3 is 4.74 Å². The fourth-order valence-corrected chi connectivity index (χ4v) is 2.86. The number of ether oxygens (including phenoxy) is 1. The second-order valence-corrected chi connectivity index (χ2v) is 5.34. The lowest BCUT2D eigenvalue weighted by molar-refractivity contribution is -0.136. The molecule has 1 fully saturated rings. The number of hydrogen-bond acceptors (Lipinski definition) is 5. The quantitative estimate of drug-likeness (QED) is 0.798. The van der Waals surface area contributed by atoms with Gasteiger partial charge in [0.15, 0.2) is 0 Å². The van der Waals surface area contributed by atoms with E-state index in [4.69, 9.17) is 4.74 Å².